The molecule has 0 aromatic heterocycles. The Morgan fingerprint density at radius 3 is 2.57 bits per heavy atom. The van der Waals surface area contributed by atoms with E-state index in [9.17, 15) is 8.78 Å². The molecular weight excluding hydrogens is 272 g/mol. The minimum absolute atomic E-state index is 0.196. The zero-order valence-electron chi connectivity index (χ0n) is 13.0. The van der Waals surface area contributed by atoms with Gasteiger partial charge in [0.05, 0.1) is 0 Å². The van der Waals surface area contributed by atoms with Crippen LogP contribution in [-0.4, -0.2) is 13.7 Å². The summed E-state index contributed by atoms with van der Waals surface area (Å²) in [4.78, 5) is 0. The van der Waals surface area contributed by atoms with Crippen molar-refractivity contribution in [2.75, 3.05) is 7.05 Å². The van der Waals surface area contributed by atoms with E-state index >= 15 is 0 Å². The second-order valence-corrected chi connectivity index (χ2v) is 6.25. The first-order valence-electron chi connectivity index (χ1n) is 7.73. The summed E-state index contributed by atoms with van der Waals surface area (Å²) in [5.74, 6) is 2.26. The van der Waals surface area contributed by atoms with Gasteiger partial charge in [-0.25, -0.2) is 0 Å². The van der Waals surface area contributed by atoms with Crippen molar-refractivity contribution in [1.82, 2.24) is 5.32 Å². The largest absolute Gasteiger partial charge is 0.435 e. The van der Waals surface area contributed by atoms with Crippen LogP contribution in [-0.2, 0) is 0 Å². The van der Waals surface area contributed by atoms with Crippen LogP contribution in [0.15, 0.2) is 24.3 Å². The lowest BCUT2D eigenvalue weighted by molar-refractivity contribution is -0.0499. The number of nitrogens with one attached hydrogen (secondary N) is 1. The predicted molar refractivity (Wildman–Crippen MR) is 80.5 cm³/mol. The van der Waals surface area contributed by atoms with Gasteiger partial charge in [0.15, 0.2) is 0 Å². The highest BCUT2D eigenvalue weighted by molar-refractivity contribution is 5.31. The van der Waals surface area contributed by atoms with Crippen molar-refractivity contribution in [1.29, 1.82) is 0 Å². The standard InChI is InChI=1S/C17H25F2NO/c1-11-7-8-14(9-12(11)2)16(20-3)13-5-4-6-15(10-13)21-17(18)19/h4-6,10-12,14,16-17,20H,7-9H2,1-3H3. The number of hydrogen-bond donors (Lipinski definition) is 1. The van der Waals surface area contributed by atoms with Crippen molar-refractivity contribution in [3.63, 3.8) is 0 Å². The molecule has 1 aliphatic carbocycles. The van der Waals surface area contributed by atoms with Crippen molar-refractivity contribution in [2.24, 2.45) is 17.8 Å². The summed E-state index contributed by atoms with van der Waals surface area (Å²) in [6, 6.07) is 7.28. The SMILES string of the molecule is CNC(c1cccc(OC(F)F)c1)C1CCC(C)C(C)C1. The number of rotatable bonds is 5. The Morgan fingerprint density at radius 2 is 1.95 bits per heavy atom. The van der Waals surface area contributed by atoms with Crippen LogP contribution in [0.3, 0.4) is 0 Å². The maximum atomic E-state index is 12.3. The number of ether oxygens (including phenoxy) is 1. The van der Waals surface area contributed by atoms with Gasteiger partial charge in [0.2, 0.25) is 0 Å². The van der Waals surface area contributed by atoms with Crippen LogP contribution in [0.25, 0.3) is 0 Å². The second-order valence-electron chi connectivity index (χ2n) is 6.25. The summed E-state index contributed by atoms with van der Waals surface area (Å²) < 4.78 is 29.2. The first-order valence-corrected chi connectivity index (χ1v) is 7.73. The van der Waals surface area contributed by atoms with E-state index in [0.717, 1.165) is 11.5 Å². The average molecular weight is 297 g/mol. The number of hydrogen-bond acceptors (Lipinski definition) is 2. The van der Waals surface area contributed by atoms with Gasteiger partial charge in [-0.15, -0.1) is 0 Å². The van der Waals surface area contributed by atoms with Gasteiger partial charge < -0.3 is 10.1 Å². The quantitative estimate of drug-likeness (QED) is 0.856. The molecule has 0 heterocycles. The van der Waals surface area contributed by atoms with Gasteiger partial charge in [0.1, 0.15) is 5.75 Å². The van der Waals surface area contributed by atoms with Crippen LogP contribution in [0.4, 0.5) is 8.78 Å². The van der Waals surface area contributed by atoms with E-state index in [4.69, 9.17) is 0 Å². The van der Waals surface area contributed by atoms with Crippen LogP contribution in [0.5, 0.6) is 5.75 Å². The summed E-state index contributed by atoms with van der Waals surface area (Å²) in [7, 11) is 1.94. The van der Waals surface area contributed by atoms with Crippen molar-refractivity contribution >= 4 is 0 Å². The summed E-state index contributed by atoms with van der Waals surface area (Å²) >= 11 is 0. The summed E-state index contributed by atoms with van der Waals surface area (Å²) in [6.45, 7) is 1.84. The minimum atomic E-state index is -2.77. The van der Waals surface area contributed by atoms with Crippen molar-refractivity contribution in [3.05, 3.63) is 29.8 Å². The van der Waals surface area contributed by atoms with E-state index in [0.29, 0.717) is 11.8 Å². The van der Waals surface area contributed by atoms with E-state index < -0.39 is 6.61 Å². The highest BCUT2D eigenvalue weighted by Crippen LogP contribution is 2.40. The van der Waals surface area contributed by atoms with Crippen LogP contribution in [0.1, 0.15) is 44.7 Å². The Kier molecular flexibility index (Phi) is 5.57. The fraction of sp³-hybridized carbons (Fsp3) is 0.647. The number of benzene rings is 1. The van der Waals surface area contributed by atoms with Crippen LogP contribution >= 0.6 is 0 Å². The molecule has 0 spiro atoms. The molecule has 1 fully saturated rings. The van der Waals surface area contributed by atoms with Crippen LogP contribution in [0, 0.1) is 17.8 Å². The van der Waals surface area contributed by atoms with Gasteiger partial charge in [-0.1, -0.05) is 32.4 Å². The van der Waals surface area contributed by atoms with Gasteiger partial charge in [0.25, 0.3) is 0 Å². The molecule has 4 atom stereocenters. The summed E-state index contributed by atoms with van der Waals surface area (Å²) in [5, 5.41) is 3.36. The fourth-order valence-corrected chi connectivity index (χ4v) is 3.45. The second kappa shape index (κ2) is 7.21. The zero-order valence-corrected chi connectivity index (χ0v) is 13.0. The monoisotopic (exact) mass is 297 g/mol. The molecule has 21 heavy (non-hydrogen) atoms. The molecule has 1 aromatic rings. The Hall–Kier alpha value is -1.16. The maximum Gasteiger partial charge on any atom is 0.387 e. The predicted octanol–water partition coefficient (Wildman–Crippen LogP) is 4.62. The van der Waals surface area contributed by atoms with E-state index in [2.05, 4.69) is 23.9 Å². The Bertz CT molecular complexity index is 452. The van der Waals surface area contributed by atoms with E-state index in [1.165, 1.54) is 19.3 Å². The molecule has 0 aliphatic heterocycles. The normalized spacial score (nSPS) is 27.6. The third-order valence-electron chi connectivity index (χ3n) is 4.86. The Labute approximate surface area is 125 Å². The molecule has 1 saturated carbocycles. The molecule has 2 nitrogen and oxygen atoms in total. The lowest BCUT2D eigenvalue weighted by Gasteiger charge is -2.37. The van der Waals surface area contributed by atoms with Crippen molar-refractivity contribution < 1.29 is 13.5 Å². The first kappa shape index (κ1) is 16.2. The van der Waals surface area contributed by atoms with Crippen molar-refractivity contribution in [3.8, 4) is 5.75 Å². The molecule has 4 heteroatoms. The molecule has 1 aliphatic rings. The van der Waals surface area contributed by atoms with Gasteiger partial charge in [-0.3, -0.25) is 0 Å². The molecule has 1 N–H and O–H groups in total. The fourth-order valence-electron chi connectivity index (χ4n) is 3.45. The summed E-state index contributed by atoms with van der Waals surface area (Å²) in [5.41, 5.74) is 1.03. The summed E-state index contributed by atoms with van der Waals surface area (Å²) in [6.07, 6.45) is 3.58. The van der Waals surface area contributed by atoms with E-state index in [1.54, 1.807) is 18.2 Å². The third kappa shape index (κ3) is 4.16. The number of alkyl halides is 2. The highest BCUT2D eigenvalue weighted by atomic mass is 19.3. The smallest absolute Gasteiger partial charge is 0.387 e. The van der Waals surface area contributed by atoms with Gasteiger partial charge in [-0.05, 0) is 55.3 Å². The van der Waals surface area contributed by atoms with Gasteiger partial charge in [0, 0.05) is 6.04 Å². The molecule has 2 rings (SSSR count). The average Bonchev–Trinajstić information content (AvgIpc) is 2.43. The lowest BCUT2D eigenvalue weighted by Crippen LogP contribution is -2.31. The number of halogens is 2. The topological polar surface area (TPSA) is 21.3 Å². The molecular formula is C17H25F2NO. The van der Waals surface area contributed by atoms with E-state index in [1.807, 2.05) is 13.1 Å². The maximum absolute atomic E-state index is 12.3. The van der Waals surface area contributed by atoms with Crippen LogP contribution in [0.2, 0.25) is 0 Å². The molecule has 0 amide bonds. The highest BCUT2D eigenvalue weighted by Gasteiger charge is 2.30. The van der Waals surface area contributed by atoms with Crippen molar-refractivity contribution in [2.45, 2.75) is 45.8 Å². The first-order chi connectivity index (χ1) is 10.0. The van der Waals surface area contributed by atoms with Crippen LogP contribution < -0.4 is 10.1 Å². The molecule has 0 bridgehead atoms. The zero-order chi connectivity index (χ0) is 15.4. The third-order valence-corrected chi connectivity index (χ3v) is 4.86. The lowest BCUT2D eigenvalue weighted by atomic mass is 9.72. The van der Waals surface area contributed by atoms with Gasteiger partial charge in [-0.2, -0.15) is 8.78 Å². The van der Waals surface area contributed by atoms with E-state index in [-0.39, 0.29) is 11.8 Å². The molecule has 0 saturated heterocycles. The Balaban J connectivity index is 2.13. The molecule has 4 unspecified atom stereocenters. The molecule has 118 valence electrons. The van der Waals surface area contributed by atoms with Gasteiger partial charge >= 0.3 is 6.61 Å². The Morgan fingerprint density at radius 1 is 1.19 bits per heavy atom. The molecule has 0 radical (unpaired) electrons. The molecule has 1 aromatic carbocycles. The minimum Gasteiger partial charge on any atom is -0.435 e.